The van der Waals surface area contributed by atoms with E-state index in [1.54, 1.807) is 4.31 Å². The monoisotopic (exact) mass is 341 g/mol. The maximum atomic E-state index is 11.7. The second-order valence-electron chi connectivity index (χ2n) is 8.11. The summed E-state index contributed by atoms with van der Waals surface area (Å²) in [6.45, 7) is 12.3. The van der Waals surface area contributed by atoms with Crippen molar-refractivity contribution in [2.75, 3.05) is 19.3 Å². The third-order valence-electron chi connectivity index (χ3n) is 4.73. The number of hydrogen-bond donors (Lipinski definition) is 0. The SMILES string of the molecule is CC(C)c1c(C(C)(C)C)c(C2CCN(S(C)(=O)=O)CC2)nn1C. The Balaban J connectivity index is 2.37. The normalized spacial score (nSPS) is 18.8. The van der Waals surface area contributed by atoms with Crippen LogP contribution in [0.2, 0.25) is 0 Å². The Bertz CT molecular complexity index is 661. The lowest BCUT2D eigenvalue weighted by Crippen LogP contribution is -2.37. The molecule has 0 aliphatic carbocycles. The Hall–Kier alpha value is -0.880. The zero-order chi connectivity index (χ0) is 17.6. The number of piperidine rings is 1. The van der Waals surface area contributed by atoms with Crippen molar-refractivity contribution in [3.8, 4) is 0 Å². The van der Waals surface area contributed by atoms with Gasteiger partial charge in [-0.15, -0.1) is 0 Å². The third-order valence-corrected chi connectivity index (χ3v) is 6.03. The zero-order valence-electron chi connectivity index (χ0n) is 15.5. The van der Waals surface area contributed by atoms with E-state index in [1.807, 2.05) is 11.7 Å². The van der Waals surface area contributed by atoms with Crippen molar-refractivity contribution < 1.29 is 8.42 Å². The number of aryl methyl sites for hydroxylation is 1. The molecule has 1 aliphatic rings. The lowest BCUT2D eigenvalue weighted by atomic mass is 9.78. The van der Waals surface area contributed by atoms with Gasteiger partial charge < -0.3 is 0 Å². The highest BCUT2D eigenvalue weighted by Gasteiger charge is 2.34. The van der Waals surface area contributed by atoms with Gasteiger partial charge in [0.1, 0.15) is 0 Å². The fraction of sp³-hybridized carbons (Fsp3) is 0.824. The number of rotatable bonds is 3. The van der Waals surface area contributed by atoms with Crippen LogP contribution in [0.15, 0.2) is 0 Å². The summed E-state index contributed by atoms with van der Waals surface area (Å²) in [5.41, 5.74) is 3.87. The molecule has 2 heterocycles. The van der Waals surface area contributed by atoms with Gasteiger partial charge in [-0.1, -0.05) is 34.6 Å². The summed E-state index contributed by atoms with van der Waals surface area (Å²) in [7, 11) is -1.05. The highest BCUT2D eigenvalue weighted by atomic mass is 32.2. The van der Waals surface area contributed by atoms with E-state index in [4.69, 9.17) is 5.10 Å². The van der Waals surface area contributed by atoms with E-state index in [-0.39, 0.29) is 5.41 Å². The van der Waals surface area contributed by atoms with Crippen LogP contribution < -0.4 is 0 Å². The quantitative estimate of drug-likeness (QED) is 0.849. The van der Waals surface area contributed by atoms with Crippen LogP contribution in [-0.2, 0) is 22.5 Å². The standard InChI is InChI=1S/C17H31N3O2S/c1-12(2)16-14(17(3,4)5)15(18-19(16)6)13-8-10-20(11-9-13)23(7,21)22/h12-13H,8-11H2,1-7H3. The van der Waals surface area contributed by atoms with Crippen LogP contribution in [-0.4, -0.2) is 41.8 Å². The number of sulfonamides is 1. The first-order valence-electron chi connectivity index (χ1n) is 8.45. The predicted octanol–water partition coefficient (Wildman–Crippen LogP) is 2.98. The second-order valence-corrected chi connectivity index (χ2v) is 10.1. The number of hydrogen-bond acceptors (Lipinski definition) is 3. The van der Waals surface area contributed by atoms with E-state index >= 15 is 0 Å². The fourth-order valence-corrected chi connectivity index (χ4v) is 4.61. The average molecular weight is 342 g/mol. The maximum Gasteiger partial charge on any atom is 0.211 e. The topological polar surface area (TPSA) is 55.2 Å². The molecule has 0 N–H and O–H groups in total. The highest BCUT2D eigenvalue weighted by molar-refractivity contribution is 7.88. The van der Waals surface area contributed by atoms with E-state index in [1.165, 1.54) is 23.2 Å². The Kier molecular flexibility index (Phi) is 4.98. The molecule has 0 bridgehead atoms. The zero-order valence-corrected chi connectivity index (χ0v) is 16.4. The van der Waals surface area contributed by atoms with Gasteiger partial charge in [0.2, 0.25) is 10.0 Å². The van der Waals surface area contributed by atoms with E-state index in [0.29, 0.717) is 24.9 Å². The molecule has 1 aromatic rings. The van der Waals surface area contributed by atoms with Crippen LogP contribution in [0.1, 0.15) is 76.2 Å². The maximum absolute atomic E-state index is 11.7. The van der Waals surface area contributed by atoms with E-state index in [0.717, 1.165) is 12.8 Å². The Labute approximate surface area is 141 Å². The van der Waals surface area contributed by atoms with Crippen molar-refractivity contribution in [3.05, 3.63) is 17.0 Å². The molecule has 6 heteroatoms. The summed E-state index contributed by atoms with van der Waals surface area (Å²) in [5.74, 6) is 0.771. The minimum absolute atomic E-state index is 0.0389. The van der Waals surface area contributed by atoms with Crippen LogP contribution in [0.5, 0.6) is 0 Å². The number of aromatic nitrogens is 2. The molecule has 2 rings (SSSR count). The summed E-state index contributed by atoms with van der Waals surface area (Å²) < 4.78 is 27.0. The first-order chi connectivity index (χ1) is 10.4. The average Bonchev–Trinajstić information content (AvgIpc) is 2.75. The molecule has 0 saturated carbocycles. The molecule has 1 aromatic heterocycles. The van der Waals surface area contributed by atoms with Crippen molar-refractivity contribution >= 4 is 10.0 Å². The van der Waals surface area contributed by atoms with Gasteiger partial charge in [-0.05, 0) is 24.2 Å². The minimum atomic E-state index is -3.08. The van der Waals surface area contributed by atoms with Crippen molar-refractivity contribution in [3.63, 3.8) is 0 Å². The van der Waals surface area contributed by atoms with Crippen LogP contribution in [0, 0.1) is 0 Å². The Morgan fingerprint density at radius 3 is 2.09 bits per heavy atom. The largest absolute Gasteiger partial charge is 0.272 e. The van der Waals surface area contributed by atoms with Crippen LogP contribution in [0.3, 0.4) is 0 Å². The molecule has 23 heavy (non-hydrogen) atoms. The van der Waals surface area contributed by atoms with Crippen molar-refractivity contribution in [2.45, 2.75) is 64.7 Å². The molecule has 0 aromatic carbocycles. The highest BCUT2D eigenvalue weighted by Crippen LogP contribution is 2.39. The first-order valence-corrected chi connectivity index (χ1v) is 10.3. The molecule has 0 amide bonds. The van der Waals surface area contributed by atoms with Gasteiger partial charge in [-0.25, -0.2) is 12.7 Å². The van der Waals surface area contributed by atoms with Gasteiger partial charge >= 0.3 is 0 Å². The summed E-state index contributed by atoms with van der Waals surface area (Å²) in [4.78, 5) is 0. The predicted molar refractivity (Wildman–Crippen MR) is 94.4 cm³/mol. The van der Waals surface area contributed by atoms with Gasteiger partial charge in [0.05, 0.1) is 11.9 Å². The van der Waals surface area contributed by atoms with E-state index in [2.05, 4.69) is 34.6 Å². The van der Waals surface area contributed by atoms with Gasteiger partial charge in [-0.3, -0.25) is 4.68 Å². The summed E-state index contributed by atoms with van der Waals surface area (Å²) in [6.07, 6.45) is 3.00. The van der Waals surface area contributed by atoms with Gasteiger partial charge in [0.25, 0.3) is 0 Å². The molecule has 132 valence electrons. The molecular weight excluding hydrogens is 310 g/mol. The molecule has 0 unspecified atom stereocenters. The van der Waals surface area contributed by atoms with E-state index < -0.39 is 10.0 Å². The van der Waals surface area contributed by atoms with Crippen molar-refractivity contribution in [1.29, 1.82) is 0 Å². The minimum Gasteiger partial charge on any atom is -0.272 e. The molecule has 1 aliphatic heterocycles. The number of nitrogens with zero attached hydrogens (tertiary/aromatic N) is 3. The molecule has 0 spiro atoms. The van der Waals surface area contributed by atoms with Crippen LogP contribution in [0.25, 0.3) is 0 Å². The molecule has 1 saturated heterocycles. The smallest absolute Gasteiger partial charge is 0.211 e. The molecular formula is C17H31N3O2S. The van der Waals surface area contributed by atoms with Gasteiger partial charge in [0, 0.05) is 37.3 Å². The van der Waals surface area contributed by atoms with Crippen molar-refractivity contribution in [2.24, 2.45) is 7.05 Å². The first kappa shape index (κ1) is 18.5. The Morgan fingerprint density at radius 2 is 1.70 bits per heavy atom. The van der Waals surface area contributed by atoms with E-state index in [9.17, 15) is 8.42 Å². The van der Waals surface area contributed by atoms with Gasteiger partial charge in [0.15, 0.2) is 0 Å². The van der Waals surface area contributed by atoms with Crippen molar-refractivity contribution in [1.82, 2.24) is 14.1 Å². The Morgan fingerprint density at radius 1 is 1.17 bits per heavy atom. The second kappa shape index (κ2) is 6.20. The van der Waals surface area contributed by atoms with Crippen LogP contribution >= 0.6 is 0 Å². The molecule has 0 radical (unpaired) electrons. The lowest BCUT2D eigenvalue weighted by Gasteiger charge is -2.31. The van der Waals surface area contributed by atoms with Gasteiger partial charge in [-0.2, -0.15) is 5.10 Å². The lowest BCUT2D eigenvalue weighted by molar-refractivity contribution is 0.316. The molecule has 0 atom stereocenters. The fourth-order valence-electron chi connectivity index (χ4n) is 3.74. The molecule has 1 fully saturated rings. The summed E-state index contributed by atoms with van der Waals surface area (Å²) >= 11 is 0. The van der Waals surface area contributed by atoms with Crippen LogP contribution in [0.4, 0.5) is 0 Å². The summed E-state index contributed by atoms with van der Waals surface area (Å²) in [5, 5.41) is 4.86. The third kappa shape index (κ3) is 3.79. The molecule has 5 nitrogen and oxygen atoms in total. The summed E-state index contributed by atoms with van der Waals surface area (Å²) in [6, 6.07) is 0.